The largest absolute Gasteiger partial charge is 0.386 e. The molecule has 1 aromatic heterocycles. The number of carbonyl (C=O) groups is 1. The van der Waals surface area contributed by atoms with E-state index in [0.29, 0.717) is 11.3 Å². The zero-order valence-corrected chi connectivity index (χ0v) is 18.2. The van der Waals surface area contributed by atoms with E-state index in [2.05, 4.69) is 14.8 Å². The van der Waals surface area contributed by atoms with Gasteiger partial charge in [0.1, 0.15) is 22.9 Å². The van der Waals surface area contributed by atoms with Crippen LogP contribution >= 0.6 is 0 Å². The van der Waals surface area contributed by atoms with Crippen molar-refractivity contribution in [2.24, 2.45) is 10.7 Å². The summed E-state index contributed by atoms with van der Waals surface area (Å²) in [6, 6.07) is 7.07. The highest BCUT2D eigenvalue weighted by Crippen LogP contribution is 2.41. The summed E-state index contributed by atoms with van der Waals surface area (Å²) in [6.07, 6.45) is 1.46. The van der Waals surface area contributed by atoms with Gasteiger partial charge in [-0.05, 0) is 37.1 Å². The summed E-state index contributed by atoms with van der Waals surface area (Å²) in [4.78, 5) is 24.3. The number of carbonyl (C=O) groups excluding carboxylic acids is 1. The molecule has 0 saturated carbocycles. The number of nitrogens with zero attached hydrogens (tertiary/aromatic N) is 3. The van der Waals surface area contributed by atoms with Crippen molar-refractivity contribution in [3.8, 4) is 0 Å². The van der Waals surface area contributed by atoms with E-state index >= 15 is 0 Å². The second-order valence-corrected chi connectivity index (χ2v) is 10.6. The Bertz CT molecular complexity index is 1260. The van der Waals surface area contributed by atoms with E-state index < -0.39 is 31.7 Å². The number of pyridine rings is 1. The predicted octanol–water partition coefficient (Wildman–Crippen LogP) is 2.36. The second-order valence-electron chi connectivity index (χ2n) is 8.25. The molecule has 2 N–H and O–H groups in total. The van der Waals surface area contributed by atoms with Gasteiger partial charge in [-0.1, -0.05) is 12.1 Å². The molecule has 32 heavy (non-hydrogen) atoms. The van der Waals surface area contributed by atoms with Crippen LogP contribution in [0.2, 0.25) is 0 Å². The molecule has 2 aliphatic rings. The maximum absolute atomic E-state index is 14.8. The fourth-order valence-electron chi connectivity index (χ4n) is 4.19. The Balaban J connectivity index is 1.67. The molecule has 1 aromatic carbocycles. The summed E-state index contributed by atoms with van der Waals surface area (Å²) >= 11 is 0. The van der Waals surface area contributed by atoms with Crippen LogP contribution in [-0.4, -0.2) is 48.7 Å². The van der Waals surface area contributed by atoms with E-state index in [1.54, 1.807) is 0 Å². The van der Waals surface area contributed by atoms with Gasteiger partial charge in [0.25, 0.3) is 0 Å². The van der Waals surface area contributed by atoms with Crippen molar-refractivity contribution in [1.82, 2.24) is 4.98 Å². The fraction of sp³-hybridized carbons (Fsp3) is 0.364. The summed E-state index contributed by atoms with van der Waals surface area (Å²) < 4.78 is 45.1. The lowest BCUT2D eigenvalue weighted by Crippen LogP contribution is -2.58. The van der Waals surface area contributed by atoms with Crippen molar-refractivity contribution < 1.29 is 22.3 Å². The lowest BCUT2D eigenvalue weighted by atomic mass is 9.90. The number of Topliss-reactive ketones (excluding diaryl/α,β-unsaturated/α-hetero) is 1. The van der Waals surface area contributed by atoms with Gasteiger partial charge in [-0.3, -0.25) is 14.8 Å². The second kappa shape index (κ2) is 7.76. The molecule has 10 heteroatoms. The third-order valence-corrected chi connectivity index (χ3v) is 8.69. The van der Waals surface area contributed by atoms with Crippen molar-refractivity contribution in [2.45, 2.75) is 30.1 Å². The number of benzene rings is 1. The molecule has 0 radical (unpaired) electrons. The molecule has 2 atom stereocenters. The number of aromatic nitrogens is 1. The Morgan fingerprint density at radius 1 is 1.34 bits per heavy atom. The van der Waals surface area contributed by atoms with Gasteiger partial charge in [-0.25, -0.2) is 17.7 Å². The standard InChI is InChI=1S/C22H21FN4O4S/c1-21(13-32(29,30)22(20(24)27-21)7-8-31-12-22)16-9-14(3-5-17(16)23)10-19(28)18-6-4-15(25-2)11-26-18/h3-6,9,11H,7-8,10,12-13H2,1H3,(H2,24,27)/t21-,22+/m0/s1. The first-order valence-corrected chi connectivity index (χ1v) is 11.6. The van der Waals surface area contributed by atoms with Gasteiger partial charge in [0, 0.05) is 24.8 Å². The van der Waals surface area contributed by atoms with E-state index in [4.69, 9.17) is 17.0 Å². The molecule has 0 bridgehead atoms. The molecule has 1 fully saturated rings. The quantitative estimate of drug-likeness (QED) is 0.558. The molecule has 2 aromatic rings. The van der Waals surface area contributed by atoms with Gasteiger partial charge in [0.15, 0.2) is 20.4 Å². The number of nitrogens with two attached hydrogens (primary N) is 1. The summed E-state index contributed by atoms with van der Waals surface area (Å²) in [6.45, 7) is 8.68. The minimum atomic E-state index is -3.78. The Kier molecular flexibility index (Phi) is 5.35. The first-order chi connectivity index (χ1) is 15.1. The smallest absolute Gasteiger partial charge is 0.205 e. The zero-order chi connectivity index (χ0) is 23.1. The number of ether oxygens (including phenoxy) is 1. The monoisotopic (exact) mass is 456 g/mol. The van der Waals surface area contributed by atoms with Gasteiger partial charge >= 0.3 is 0 Å². The van der Waals surface area contributed by atoms with Gasteiger partial charge in [-0.2, -0.15) is 0 Å². The van der Waals surface area contributed by atoms with Crippen LogP contribution in [-0.2, 0) is 26.5 Å². The lowest BCUT2D eigenvalue weighted by Gasteiger charge is -2.39. The van der Waals surface area contributed by atoms with Gasteiger partial charge in [0.05, 0.1) is 18.9 Å². The molecule has 2 aliphatic heterocycles. The zero-order valence-electron chi connectivity index (χ0n) is 17.3. The normalized spacial score (nSPS) is 26.5. The summed E-state index contributed by atoms with van der Waals surface area (Å²) in [7, 11) is -3.78. The summed E-state index contributed by atoms with van der Waals surface area (Å²) in [5.74, 6) is -1.44. The summed E-state index contributed by atoms with van der Waals surface area (Å²) in [5, 5.41) is 0. The van der Waals surface area contributed by atoms with E-state index in [-0.39, 0.29) is 48.9 Å². The average molecular weight is 456 g/mol. The number of hydrogen-bond donors (Lipinski definition) is 1. The van der Waals surface area contributed by atoms with Crippen LogP contribution < -0.4 is 5.73 Å². The highest BCUT2D eigenvalue weighted by atomic mass is 32.2. The number of sulfone groups is 1. The highest BCUT2D eigenvalue weighted by Gasteiger charge is 2.57. The lowest BCUT2D eigenvalue weighted by molar-refractivity contribution is 0.0988. The van der Waals surface area contributed by atoms with E-state index in [1.165, 1.54) is 43.5 Å². The average Bonchev–Trinajstić information content (AvgIpc) is 3.26. The fourth-order valence-corrected chi connectivity index (χ4v) is 6.45. The molecule has 0 unspecified atom stereocenters. The molecule has 8 nitrogen and oxygen atoms in total. The number of rotatable bonds is 4. The van der Waals surface area contributed by atoms with E-state index in [9.17, 15) is 17.6 Å². The van der Waals surface area contributed by atoms with Crippen LogP contribution in [0, 0.1) is 12.4 Å². The third-order valence-electron chi connectivity index (χ3n) is 6.02. The number of amidine groups is 1. The first-order valence-electron chi connectivity index (χ1n) is 9.92. The minimum Gasteiger partial charge on any atom is -0.386 e. The Morgan fingerprint density at radius 2 is 2.12 bits per heavy atom. The summed E-state index contributed by atoms with van der Waals surface area (Å²) in [5.41, 5.74) is 5.72. The van der Waals surface area contributed by atoms with Gasteiger partial charge < -0.3 is 10.5 Å². The van der Waals surface area contributed by atoms with Crippen molar-refractivity contribution in [3.05, 3.63) is 70.6 Å². The topological polar surface area (TPSA) is 116 Å². The third kappa shape index (κ3) is 3.57. The maximum atomic E-state index is 14.8. The molecule has 4 rings (SSSR count). The van der Waals surface area contributed by atoms with Gasteiger partial charge in [-0.15, -0.1) is 0 Å². The SMILES string of the molecule is [C-]#[N+]c1ccc(C(=O)Cc2ccc(F)c([C@]3(C)CS(=O)(=O)[C@@]4(CCOC4)C(N)=N3)c2)nc1. The van der Waals surface area contributed by atoms with Crippen molar-refractivity contribution in [1.29, 1.82) is 0 Å². The van der Waals surface area contributed by atoms with E-state index in [1.807, 2.05) is 0 Å². The van der Waals surface area contributed by atoms with Crippen LogP contribution in [0.15, 0.2) is 41.5 Å². The van der Waals surface area contributed by atoms with Crippen molar-refractivity contribution in [3.63, 3.8) is 0 Å². The molecular formula is C22H21FN4O4S. The molecule has 1 spiro atoms. The van der Waals surface area contributed by atoms with Crippen LogP contribution in [0.5, 0.6) is 0 Å². The Labute approximate surface area is 185 Å². The first kappa shape index (κ1) is 22.0. The van der Waals surface area contributed by atoms with Crippen molar-refractivity contribution in [2.75, 3.05) is 19.0 Å². The minimum absolute atomic E-state index is 0.0550. The number of ketones is 1. The number of halogens is 1. The van der Waals surface area contributed by atoms with Crippen LogP contribution in [0.25, 0.3) is 4.85 Å². The maximum Gasteiger partial charge on any atom is 0.205 e. The molecule has 3 heterocycles. The van der Waals surface area contributed by atoms with Crippen LogP contribution in [0.4, 0.5) is 10.1 Å². The molecule has 0 amide bonds. The predicted molar refractivity (Wildman–Crippen MR) is 116 cm³/mol. The molecule has 1 saturated heterocycles. The van der Waals surface area contributed by atoms with Crippen LogP contribution in [0.1, 0.15) is 35.0 Å². The number of hydrogen-bond acceptors (Lipinski definition) is 7. The molecule has 166 valence electrons. The van der Waals surface area contributed by atoms with Gasteiger partial charge in [0.2, 0.25) is 5.69 Å². The Hall–Kier alpha value is -3.16. The number of aliphatic imine (C=N–C) groups is 1. The van der Waals surface area contributed by atoms with Crippen LogP contribution in [0.3, 0.4) is 0 Å². The highest BCUT2D eigenvalue weighted by molar-refractivity contribution is 7.93. The van der Waals surface area contributed by atoms with Crippen molar-refractivity contribution >= 4 is 27.1 Å². The molecular weight excluding hydrogens is 435 g/mol. The van der Waals surface area contributed by atoms with E-state index in [0.717, 1.165) is 0 Å². The molecule has 0 aliphatic carbocycles. The Morgan fingerprint density at radius 3 is 2.72 bits per heavy atom.